The summed E-state index contributed by atoms with van der Waals surface area (Å²) in [7, 11) is 1.59. The second kappa shape index (κ2) is 18.7. The van der Waals surface area contributed by atoms with Crippen LogP contribution in [0.3, 0.4) is 0 Å². The average molecular weight is 414 g/mol. The molecule has 0 rings (SSSR count). The number of likely N-dealkylation sites (N-methyl/N-ethyl adjacent to an activating group) is 1. The van der Waals surface area contributed by atoms with Gasteiger partial charge in [0, 0.05) is 7.05 Å². The van der Waals surface area contributed by atoms with Crippen LogP contribution < -0.4 is 0 Å². The van der Waals surface area contributed by atoms with E-state index in [2.05, 4.69) is 6.92 Å². The molecule has 1 amide bonds. The lowest BCUT2D eigenvalue weighted by molar-refractivity contribution is -0.150. The quantitative estimate of drug-likeness (QED) is 0.184. The van der Waals surface area contributed by atoms with Crippen molar-refractivity contribution in [2.24, 2.45) is 5.92 Å². The maximum absolute atomic E-state index is 12.4. The molecule has 0 fully saturated rings. The van der Waals surface area contributed by atoms with E-state index in [-0.39, 0.29) is 11.9 Å². The molecule has 0 aromatic rings. The van der Waals surface area contributed by atoms with Gasteiger partial charge in [-0.1, -0.05) is 97.8 Å². The van der Waals surface area contributed by atoms with E-state index in [4.69, 9.17) is 9.47 Å². The third-order valence-electron chi connectivity index (χ3n) is 5.34. The molecule has 172 valence electrons. The summed E-state index contributed by atoms with van der Waals surface area (Å²) in [6, 6.07) is -0.601. The first kappa shape index (κ1) is 27.7. The van der Waals surface area contributed by atoms with E-state index in [1.807, 2.05) is 13.8 Å². The van der Waals surface area contributed by atoms with Crippen molar-refractivity contribution in [3.8, 4) is 0 Å². The molecule has 5 heteroatoms. The number of carbonyl (C=O) groups excluding carboxylic acids is 2. The Labute approximate surface area is 179 Å². The Morgan fingerprint density at radius 2 is 1.17 bits per heavy atom. The van der Waals surface area contributed by atoms with Gasteiger partial charge in [-0.15, -0.1) is 0 Å². The first-order valence-electron chi connectivity index (χ1n) is 12.0. The molecule has 0 spiro atoms. The van der Waals surface area contributed by atoms with Crippen molar-refractivity contribution in [1.29, 1.82) is 0 Å². The monoisotopic (exact) mass is 413 g/mol. The van der Waals surface area contributed by atoms with Gasteiger partial charge in [-0.05, 0) is 19.3 Å². The first-order chi connectivity index (χ1) is 14.0. The Morgan fingerprint density at radius 3 is 1.59 bits per heavy atom. The predicted molar refractivity (Wildman–Crippen MR) is 120 cm³/mol. The first-order valence-corrected chi connectivity index (χ1v) is 12.0. The normalized spacial score (nSPS) is 12.1. The Morgan fingerprint density at radius 1 is 0.724 bits per heavy atom. The number of nitrogens with zero attached hydrogens (tertiary/aromatic N) is 1. The van der Waals surface area contributed by atoms with Crippen LogP contribution in [0.4, 0.5) is 4.79 Å². The van der Waals surface area contributed by atoms with Crippen molar-refractivity contribution in [2.45, 2.75) is 117 Å². The molecule has 0 aliphatic rings. The summed E-state index contributed by atoms with van der Waals surface area (Å²) < 4.78 is 10.4. The lowest BCUT2D eigenvalue weighted by Gasteiger charge is -2.28. The van der Waals surface area contributed by atoms with Gasteiger partial charge in [-0.2, -0.15) is 0 Å². The number of ether oxygens (including phenoxy) is 2. The van der Waals surface area contributed by atoms with Gasteiger partial charge in [0.2, 0.25) is 0 Å². The fraction of sp³-hybridized carbons (Fsp3) is 0.917. The number of amides is 1. The second-order valence-electron chi connectivity index (χ2n) is 8.41. The fourth-order valence-electron chi connectivity index (χ4n) is 3.59. The Hall–Kier alpha value is -1.26. The summed E-state index contributed by atoms with van der Waals surface area (Å²) in [6.07, 6.45) is 16.3. The van der Waals surface area contributed by atoms with Crippen molar-refractivity contribution < 1.29 is 19.1 Å². The molecule has 0 saturated heterocycles. The van der Waals surface area contributed by atoms with E-state index in [9.17, 15) is 9.59 Å². The standard InChI is InChI=1S/C24H47NO4/c1-6-8-9-10-11-12-13-14-15-16-17-18-19-20-29-23(26)22(21(3)4)25(5)24(27)28-7-2/h21-22H,6-20H2,1-5H3. The minimum atomic E-state index is -0.601. The molecule has 29 heavy (non-hydrogen) atoms. The minimum absolute atomic E-state index is 0.0245. The highest BCUT2D eigenvalue weighted by atomic mass is 16.6. The summed E-state index contributed by atoms with van der Waals surface area (Å²) in [5, 5.41) is 0. The molecule has 1 atom stereocenters. The summed E-state index contributed by atoms with van der Waals surface area (Å²) in [4.78, 5) is 25.6. The van der Waals surface area contributed by atoms with Gasteiger partial charge in [0.25, 0.3) is 0 Å². The summed E-state index contributed by atoms with van der Waals surface area (Å²) >= 11 is 0. The molecule has 0 radical (unpaired) electrons. The molecule has 0 aromatic carbocycles. The van der Waals surface area contributed by atoms with E-state index in [1.165, 1.54) is 75.5 Å². The number of carbonyl (C=O) groups is 2. The van der Waals surface area contributed by atoms with Gasteiger partial charge in [-0.25, -0.2) is 9.59 Å². The molecule has 0 N–H and O–H groups in total. The topological polar surface area (TPSA) is 55.8 Å². The van der Waals surface area contributed by atoms with E-state index in [0.717, 1.165) is 12.8 Å². The lowest BCUT2D eigenvalue weighted by atomic mass is 10.0. The third-order valence-corrected chi connectivity index (χ3v) is 5.34. The third kappa shape index (κ3) is 14.4. The molecule has 5 nitrogen and oxygen atoms in total. The largest absolute Gasteiger partial charge is 0.464 e. The molecule has 0 aromatic heterocycles. The van der Waals surface area contributed by atoms with Crippen LogP contribution in [-0.2, 0) is 14.3 Å². The number of hydrogen-bond donors (Lipinski definition) is 0. The van der Waals surface area contributed by atoms with Crippen molar-refractivity contribution in [3.63, 3.8) is 0 Å². The smallest absolute Gasteiger partial charge is 0.410 e. The van der Waals surface area contributed by atoms with Gasteiger partial charge in [0.05, 0.1) is 13.2 Å². The molecule has 0 aliphatic heterocycles. The predicted octanol–water partition coefficient (Wildman–Crippen LogP) is 6.73. The summed E-state index contributed by atoms with van der Waals surface area (Å²) in [6.45, 7) is 8.55. The molecule has 0 heterocycles. The van der Waals surface area contributed by atoms with E-state index in [0.29, 0.717) is 13.2 Å². The van der Waals surface area contributed by atoms with Crippen LogP contribution in [0.2, 0.25) is 0 Å². The zero-order chi connectivity index (χ0) is 21.9. The molecule has 0 bridgehead atoms. The van der Waals surface area contributed by atoms with Gasteiger partial charge < -0.3 is 9.47 Å². The Balaban J connectivity index is 3.72. The zero-order valence-electron chi connectivity index (χ0n) is 19.8. The van der Waals surface area contributed by atoms with E-state index >= 15 is 0 Å². The van der Waals surface area contributed by atoms with Crippen LogP contribution in [0.15, 0.2) is 0 Å². The SMILES string of the molecule is CCCCCCCCCCCCCCCOC(=O)C(C(C)C)N(C)C(=O)OCC. The summed E-state index contributed by atoms with van der Waals surface area (Å²) in [5.74, 6) is -0.363. The average Bonchev–Trinajstić information content (AvgIpc) is 2.68. The van der Waals surface area contributed by atoms with Crippen LogP contribution in [0.1, 0.15) is 111 Å². The van der Waals surface area contributed by atoms with Crippen LogP contribution in [0.5, 0.6) is 0 Å². The highest BCUT2D eigenvalue weighted by molar-refractivity contribution is 5.81. The molecule has 0 aliphatic carbocycles. The number of esters is 1. The maximum Gasteiger partial charge on any atom is 0.410 e. The van der Waals surface area contributed by atoms with Crippen molar-refractivity contribution in [2.75, 3.05) is 20.3 Å². The van der Waals surface area contributed by atoms with E-state index < -0.39 is 12.1 Å². The van der Waals surface area contributed by atoms with Gasteiger partial charge in [0.1, 0.15) is 6.04 Å². The Bertz CT molecular complexity index is 412. The van der Waals surface area contributed by atoms with Crippen LogP contribution >= 0.6 is 0 Å². The van der Waals surface area contributed by atoms with Gasteiger partial charge >= 0.3 is 12.1 Å². The highest BCUT2D eigenvalue weighted by Gasteiger charge is 2.31. The highest BCUT2D eigenvalue weighted by Crippen LogP contribution is 2.14. The molecular weight excluding hydrogens is 366 g/mol. The van der Waals surface area contributed by atoms with Gasteiger partial charge in [0.15, 0.2) is 0 Å². The number of hydrogen-bond acceptors (Lipinski definition) is 4. The number of rotatable bonds is 18. The number of unbranched alkanes of at least 4 members (excludes halogenated alkanes) is 12. The van der Waals surface area contributed by atoms with Crippen molar-refractivity contribution in [1.82, 2.24) is 4.90 Å². The molecule has 1 unspecified atom stereocenters. The van der Waals surface area contributed by atoms with E-state index in [1.54, 1.807) is 14.0 Å². The maximum atomic E-state index is 12.4. The Kier molecular flexibility index (Phi) is 17.9. The summed E-state index contributed by atoms with van der Waals surface area (Å²) in [5.41, 5.74) is 0. The van der Waals surface area contributed by atoms with Gasteiger partial charge in [-0.3, -0.25) is 4.90 Å². The minimum Gasteiger partial charge on any atom is -0.464 e. The molecule has 0 saturated carbocycles. The van der Waals surface area contributed by atoms with Crippen LogP contribution in [-0.4, -0.2) is 43.3 Å². The van der Waals surface area contributed by atoms with Crippen molar-refractivity contribution in [3.05, 3.63) is 0 Å². The zero-order valence-corrected chi connectivity index (χ0v) is 19.8. The van der Waals surface area contributed by atoms with Crippen LogP contribution in [0, 0.1) is 5.92 Å². The lowest BCUT2D eigenvalue weighted by Crippen LogP contribution is -2.46. The molecular formula is C24H47NO4. The second-order valence-corrected chi connectivity index (χ2v) is 8.41. The van der Waals surface area contributed by atoms with Crippen LogP contribution in [0.25, 0.3) is 0 Å². The van der Waals surface area contributed by atoms with Crippen molar-refractivity contribution >= 4 is 12.1 Å². The fourth-order valence-corrected chi connectivity index (χ4v) is 3.59.